The van der Waals surface area contributed by atoms with Gasteiger partial charge in [-0.2, -0.15) is 0 Å². The number of aromatic amines is 1. The van der Waals surface area contributed by atoms with Gasteiger partial charge in [-0.15, -0.1) is 0 Å². The number of benzene rings is 1. The highest BCUT2D eigenvalue weighted by molar-refractivity contribution is 6.62. The van der Waals surface area contributed by atoms with Gasteiger partial charge in [-0.3, -0.25) is 9.59 Å². The van der Waals surface area contributed by atoms with Crippen LogP contribution in [0.5, 0.6) is 0 Å². The van der Waals surface area contributed by atoms with E-state index >= 15 is 0 Å². The van der Waals surface area contributed by atoms with Crippen LogP contribution in [0.15, 0.2) is 40.5 Å². The normalized spacial score (nSPS) is 16.1. The molecule has 100 valence electrons. The van der Waals surface area contributed by atoms with E-state index in [9.17, 15) is 9.59 Å². The van der Waals surface area contributed by atoms with Crippen LogP contribution < -0.4 is 0 Å². The molecule has 3 rings (SSSR count). The van der Waals surface area contributed by atoms with E-state index in [1.54, 1.807) is 18.3 Å². The molecule has 0 atom stereocenters. The van der Waals surface area contributed by atoms with Crippen molar-refractivity contribution < 1.29 is 9.59 Å². The lowest BCUT2D eigenvalue weighted by atomic mass is 9.95. The van der Waals surface area contributed by atoms with E-state index in [2.05, 4.69) is 4.98 Å². The predicted octanol–water partition coefficient (Wildman–Crippen LogP) is 4.05. The first-order valence-corrected chi connectivity index (χ1v) is 6.76. The number of hydrogen-bond donors (Lipinski definition) is 1. The fraction of sp³-hybridized carbons (Fsp3) is 0. The topological polar surface area (TPSA) is 49.9 Å². The molecule has 0 radical (unpaired) electrons. The second-order valence-electron chi connectivity index (χ2n) is 4.24. The number of aromatic nitrogens is 1. The minimum absolute atomic E-state index is 0.0727. The predicted molar refractivity (Wildman–Crippen MR) is 80.0 cm³/mol. The number of halogens is 3. The summed E-state index contributed by atoms with van der Waals surface area (Å²) in [4.78, 5) is 26.9. The quantitative estimate of drug-likeness (QED) is 0.804. The second-order valence-corrected chi connectivity index (χ2v) is 5.43. The molecule has 0 fully saturated rings. The highest BCUT2D eigenvalue weighted by atomic mass is 35.5. The molecule has 0 spiro atoms. The largest absolute Gasteiger partial charge is 0.360 e. The number of hydrogen-bond acceptors (Lipinski definition) is 2. The summed E-state index contributed by atoms with van der Waals surface area (Å²) >= 11 is 17.9. The summed E-state index contributed by atoms with van der Waals surface area (Å²) in [6.07, 6.45) is 2.61. The van der Waals surface area contributed by atoms with E-state index in [-0.39, 0.29) is 15.6 Å². The molecule has 3 nitrogen and oxygen atoms in total. The maximum atomic E-state index is 12.2. The molecular formula is C14H6Cl3NO2. The Balaban J connectivity index is 2.33. The number of rotatable bonds is 1. The standard InChI is InChI=1S/C14H6Cl3NO2/c15-7-2-1-3-9-11(7)6(5-18-9)12-13(17)10(19)4-8(16)14(12)20/h1-5,18H. The van der Waals surface area contributed by atoms with Crippen molar-refractivity contribution in [2.24, 2.45) is 0 Å². The summed E-state index contributed by atoms with van der Waals surface area (Å²) in [5.41, 5.74) is 1.29. The highest BCUT2D eigenvalue weighted by Gasteiger charge is 2.29. The van der Waals surface area contributed by atoms with E-state index in [4.69, 9.17) is 34.8 Å². The van der Waals surface area contributed by atoms with Gasteiger partial charge in [-0.1, -0.05) is 40.9 Å². The molecule has 0 saturated heterocycles. The number of Topliss-reactive ketones (excluding diaryl/α,β-unsaturated/α-hetero) is 1. The van der Waals surface area contributed by atoms with Crippen molar-refractivity contribution in [3.8, 4) is 0 Å². The van der Waals surface area contributed by atoms with Crippen LogP contribution in [0.1, 0.15) is 5.56 Å². The lowest BCUT2D eigenvalue weighted by Gasteiger charge is -2.12. The van der Waals surface area contributed by atoms with Crippen molar-refractivity contribution in [2.75, 3.05) is 0 Å². The zero-order chi connectivity index (χ0) is 14.4. The third-order valence-electron chi connectivity index (χ3n) is 3.06. The minimum atomic E-state index is -0.493. The maximum Gasteiger partial charge on any atom is 0.206 e. The van der Waals surface area contributed by atoms with Crippen molar-refractivity contribution in [3.05, 3.63) is 51.1 Å². The molecule has 1 aliphatic rings. The van der Waals surface area contributed by atoms with Crippen molar-refractivity contribution >= 4 is 62.8 Å². The third-order valence-corrected chi connectivity index (χ3v) is 4.03. The van der Waals surface area contributed by atoms with Gasteiger partial charge in [-0.25, -0.2) is 0 Å². The fourth-order valence-electron chi connectivity index (χ4n) is 2.16. The Morgan fingerprint density at radius 2 is 1.80 bits per heavy atom. The first-order chi connectivity index (χ1) is 9.50. The Morgan fingerprint density at radius 1 is 1.05 bits per heavy atom. The second kappa shape index (κ2) is 4.77. The van der Waals surface area contributed by atoms with Crippen LogP contribution >= 0.6 is 34.8 Å². The summed E-state index contributed by atoms with van der Waals surface area (Å²) in [6.45, 7) is 0. The first kappa shape index (κ1) is 13.4. The SMILES string of the molecule is O=C1C=C(Cl)C(=O)C(c2c[nH]c3cccc(Cl)c23)=C1Cl. The molecule has 6 heteroatoms. The summed E-state index contributed by atoms with van der Waals surface area (Å²) < 4.78 is 0. The van der Waals surface area contributed by atoms with Gasteiger partial charge < -0.3 is 4.98 Å². The molecule has 1 N–H and O–H groups in total. The maximum absolute atomic E-state index is 12.2. The van der Waals surface area contributed by atoms with Crippen LogP contribution in [0.25, 0.3) is 16.5 Å². The molecule has 1 aromatic carbocycles. The van der Waals surface area contributed by atoms with Crippen LogP contribution in [-0.2, 0) is 9.59 Å². The lowest BCUT2D eigenvalue weighted by molar-refractivity contribution is -0.113. The van der Waals surface area contributed by atoms with Crippen molar-refractivity contribution in [3.63, 3.8) is 0 Å². The van der Waals surface area contributed by atoms with E-state index in [0.29, 0.717) is 16.0 Å². The number of carbonyl (C=O) groups excluding carboxylic acids is 2. The van der Waals surface area contributed by atoms with Gasteiger partial charge in [-0.05, 0) is 12.1 Å². The average molecular weight is 327 g/mol. The zero-order valence-electron chi connectivity index (χ0n) is 9.84. The Kier molecular flexibility index (Phi) is 3.21. The first-order valence-electron chi connectivity index (χ1n) is 5.62. The molecule has 1 heterocycles. The average Bonchev–Trinajstić information content (AvgIpc) is 2.82. The van der Waals surface area contributed by atoms with Crippen molar-refractivity contribution in [1.82, 2.24) is 4.98 Å². The Bertz CT molecular complexity index is 830. The number of fused-ring (bicyclic) bond motifs is 1. The van der Waals surface area contributed by atoms with Gasteiger partial charge in [0.2, 0.25) is 5.78 Å². The molecule has 0 bridgehead atoms. The van der Waals surface area contributed by atoms with Crippen molar-refractivity contribution in [1.29, 1.82) is 0 Å². The van der Waals surface area contributed by atoms with Gasteiger partial charge >= 0.3 is 0 Å². The highest BCUT2D eigenvalue weighted by Crippen LogP contribution is 2.37. The molecule has 20 heavy (non-hydrogen) atoms. The van der Waals surface area contributed by atoms with E-state index < -0.39 is 11.6 Å². The van der Waals surface area contributed by atoms with Gasteiger partial charge in [0, 0.05) is 28.7 Å². The summed E-state index contributed by atoms with van der Waals surface area (Å²) in [7, 11) is 0. The van der Waals surface area contributed by atoms with Crippen LogP contribution in [0.3, 0.4) is 0 Å². The minimum Gasteiger partial charge on any atom is -0.360 e. The van der Waals surface area contributed by atoms with Gasteiger partial charge in [0.15, 0.2) is 5.78 Å². The molecule has 0 amide bonds. The molecule has 0 saturated carbocycles. The number of nitrogens with one attached hydrogen (secondary N) is 1. The zero-order valence-corrected chi connectivity index (χ0v) is 12.1. The van der Waals surface area contributed by atoms with E-state index in [1.165, 1.54) is 0 Å². The summed E-state index contributed by atoms with van der Waals surface area (Å²) in [5.74, 6) is -0.982. The third kappa shape index (κ3) is 1.90. The molecular weight excluding hydrogens is 321 g/mol. The molecule has 2 aromatic rings. The monoisotopic (exact) mass is 325 g/mol. The molecule has 0 aliphatic heterocycles. The Hall–Kier alpha value is -1.55. The smallest absolute Gasteiger partial charge is 0.206 e. The Morgan fingerprint density at radius 3 is 2.55 bits per heavy atom. The molecule has 0 unspecified atom stereocenters. The van der Waals surface area contributed by atoms with E-state index in [0.717, 1.165) is 11.6 Å². The number of H-pyrrole nitrogens is 1. The number of ketones is 2. The number of allylic oxidation sites excluding steroid dienone is 4. The van der Waals surface area contributed by atoms with Gasteiger partial charge in [0.25, 0.3) is 0 Å². The fourth-order valence-corrected chi connectivity index (χ4v) is 2.88. The van der Waals surface area contributed by atoms with E-state index in [1.807, 2.05) is 6.07 Å². The van der Waals surface area contributed by atoms with Crippen LogP contribution in [0.2, 0.25) is 5.02 Å². The van der Waals surface area contributed by atoms with Crippen LogP contribution in [0.4, 0.5) is 0 Å². The summed E-state index contributed by atoms with van der Waals surface area (Å²) in [6, 6.07) is 5.29. The molecule has 1 aromatic heterocycles. The number of carbonyl (C=O) groups is 2. The van der Waals surface area contributed by atoms with Crippen LogP contribution in [0, 0.1) is 0 Å². The lowest BCUT2D eigenvalue weighted by Crippen LogP contribution is -2.13. The van der Waals surface area contributed by atoms with Gasteiger partial charge in [0.05, 0.1) is 20.7 Å². The van der Waals surface area contributed by atoms with Crippen molar-refractivity contribution in [2.45, 2.75) is 0 Å². The van der Waals surface area contributed by atoms with Crippen LogP contribution in [-0.4, -0.2) is 16.6 Å². The Labute approximate surface area is 128 Å². The molecule has 1 aliphatic carbocycles. The summed E-state index contributed by atoms with van der Waals surface area (Å²) in [5, 5.41) is 0.785. The van der Waals surface area contributed by atoms with Gasteiger partial charge in [0.1, 0.15) is 0 Å².